The fourth-order valence-corrected chi connectivity index (χ4v) is 2.70. The highest BCUT2D eigenvalue weighted by Crippen LogP contribution is 2.20. The van der Waals surface area contributed by atoms with Crippen molar-refractivity contribution in [3.05, 3.63) is 35.9 Å². The SMILES string of the molecule is CNCCC1CCN(C(=O)Cc2ccccc2)CC1. The predicted octanol–water partition coefficient (Wildman–Crippen LogP) is 2.08. The van der Waals surface area contributed by atoms with Gasteiger partial charge in [0.1, 0.15) is 0 Å². The van der Waals surface area contributed by atoms with E-state index in [0.717, 1.165) is 44.0 Å². The number of nitrogens with one attached hydrogen (secondary N) is 1. The van der Waals surface area contributed by atoms with Crippen LogP contribution in [0.25, 0.3) is 0 Å². The molecule has 0 radical (unpaired) electrons. The third-order valence-corrected chi connectivity index (χ3v) is 3.97. The third kappa shape index (κ3) is 4.35. The van der Waals surface area contributed by atoms with Crippen LogP contribution in [0.3, 0.4) is 0 Å². The number of carbonyl (C=O) groups is 1. The van der Waals surface area contributed by atoms with E-state index in [-0.39, 0.29) is 5.91 Å². The van der Waals surface area contributed by atoms with Crippen molar-refractivity contribution in [2.75, 3.05) is 26.7 Å². The van der Waals surface area contributed by atoms with Gasteiger partial charge < -0.3 is 10.2 Å². The molecule has 0 aliphatic carbocycles. The summed E-state index contributed by atoms with van der Waals surface area (Å²) >= 11 is 0. The number of likely N-dealkylation sites (tertiary alicyclic amines) is 1. The van der Waals surface area contributed by atoms with Gasteiger partial charge in [0.2, 0.25) is 5.91 Å². The van der Waals surface area contributed by atoms with Crippen molar-refractivity contribution in [1.82, 2.24) is 10.2 Å². The van der Waals surface area contributed by atoms with E-state index >= 15 is 0 Å². The molecular formula is C16H24N2O. The molecule has 0 unspecified atom stereocenters. The molecule has 1 aromatic carbocycles. The summed E-state index contributed by atoms with van der Waals surface area (Å²) in [5.74, 6) is 1.06. The van der Waals surface area contributed by atoms with Gasteiger partial charge in [-0.05, 0) is 44.3 Å². The monoisotopic (exact) mass is 260 g/mol. The predicted molar refractivity (Wildman–Crippen MR) is 78.0 cm³/mol. The summed E-state index contributed by atoms with van der Waals surface area (Å²) in [6.07, 6.45) is 4.09. The van der Waals surface area contributed by atoms with Crippen molar-refractivity contribution in [2.45, 2.75) is 25.7 Å². The minimum atomic E-state index is 0.276. The minimum Gasteiger partial charge on any atom is -0.342 e. The van der Waals surface area contributed by atoms with E-state index in [0.29, 0.717) is 6.42 Å². The second kappa shape index (κ2) is 7.29. The lowest BCUT2D eigenvalue weighted by atomic mass is 9.93. The van der Waals surface area contributed by atoms with Gasteiger partial charge in [-0.15, -0.1) is 0 Å². The number of benzene rings is 1. The Bertz CT molecular complexity index is 383. The van der Waals surface area contributed by atoms with Crippen LogP contribution in [-0.2, 0) is 11.2 Å². The second-order valence-electron chi connectivity index (χ2n) is 5.38. The molecule has 0 aromatic heterocycles. The Kier molecular flexibility index (Phi) is 5.40. The normalized spacial score (nSPS) is 16.6. The Hall–Kier alpha value is -1.35. The molecule has 0 atom stereocenters. The largest absolute Gasteiger partial charge is 0.342 e. The fraction of sp³-hybridized carbons (Fsp3) is 0.562. The van der Waals surface area contributed by atoms with E-state index in [1.54, 1.807) is 0 Å². The van der Waals surface area contributed by atoms with Crippen LogP contribution in [-0.4, -0.2) is 37.5 Å². The summed E-state index contributed by atoms with van der Waals surface area (Å²) in [6, 6.07) is 10.0. The number of rotatable bonds is 5. The highest BCUT2D eigenvalue weighted by Gasteiger charge is 2.22. The van der Waals surface area contributed by atoms with Crippen LogP contribution < -0.4 is 5.32 Å². The van der Waals surface area contributed by atoms with Crippen LogP contribution in [0.2, 0.25) is 0 Å². The molecule has 0 bridgehead atoms. The average molecular weight is 260 g/mol. The summed E-state index contributed by atoms with van der Waals surface area (Å²) in [4.78, 5) is 14.2. The first-order chi connectivity index (χ1) is 9.29. The lowest BCUT2D eigenvalue weighted by Crippen LogP contribution is -2.39. The fourth-order valence-electron chi connectivity index (χ4n) is 2.70. The molecule has 1 heterocycles. The van der Waals surface area contributed by atoms with Crippen molar-refractivity contribution in [1.29, 1.82) is 0 Å². The molecule has 1 aliphatic rings. The van der Waals surface area contributed by atoms with Crippen molar-refractivity contribution in [3.8, 4) is 0 Å². The van der Waals surface area contributed by atoms with Crippen LogP contribution in [0.1, 0.15) is 24.8 Å². The molecule has 1 saturated heterocycles. The molecule has 0 saturated carbocycles. The standard InChI is InChI=1S/C16H24N2O/c1-17-10-7-14-8-11-18(12-9-14)16(19)13-15-5-3-2-4-6-15/h2-6,14,17H,7-13H2,1H3. The van der Waals surface area contributed by atoms with Gasteiger partial charge in [-0.2, -0.15) is 0 Å². The van der Waals surface area contributed by atoms with Crippen molar-refractivity contribution in [3.63, 3.8) is 0 Å². The third-order valence-electron chi connectivity index (χ3n) is 3.97. The number of hydrogen-bond donors (Lipinski definition) is 1. The number of piperidine rings is 1. The van der Waals surface area contributed by atoms with Gasteiger partial charge in [-0.3, -0.25) is 4.79 Å². The van der Waals surface area contributed by atoms with Crippen LogP contribution in [0, 0.1) is 5.92 Å². The van der Waals surface area contributed by atoms with E-state index in [1.165, 1.54) is 6.42 Å². The van der Waals surface area contributed by atoms with E-state index in [4.69, 9.17) is 0 Å². The molecule has 1 aromatic rings. The number of amides is 1. The Labute approximate surface area is 116 Å². The maximum Gasteiger partial charge on any atom is 0.226 e. The maximum atomic E-state index is 12.2. The number of hydrogen-bond acceptors (Lipinski definition) is 2. The summed E-state index contributed by atoms with van der Waals surface area (Å²) in [7, 11) is 2.00. The Balaban J connectivity index is 1.76. The van der Waals surface area contributed by atoms with Crippen molar-refractivity contribution >= 4 is 5.91 Å². The summed E-state index contributed by atoms with van der Waals surface area (Å²) in [5, 5.41) is 3.20. The zero-order valence-corrected chi connectivity index (χ0v) is 11.8. The first-order valence-corrected chi connectivity index (χ1v) is 7.26. The van der Waals surface area contributed by atoms with E-state index in [9.17, 15) is 4.79 Å². The number of nitrogens with zero attached hydrogens (tertiary/aromatic N) is 1. The van der Waals surface area contributed by atoms with Gasteiger partial charge in [0.25, 0.3) is 0 Å². The Morgan fingerprint density at radius 2 is 1.95 bits per heavy atom. The molecule has 19 heavy (non-hydrogen) atoms. The van der Waals surface area contributed by atoms with Crippen LogP contribution in [0.15, 0.2) is 30.3 Å². The van der Waals surface area contributed by atoms with Crippen LogP contribution >= 0.6 is 0 Å². The molecule has 3 heteroatoms. The molecule has 1 fully saturated rings. The van der Waals surface area contributed by atoms with E-state index < -0.39 is 0 Å². The topological polar surface area (TPSA) is 32.3 Å². The maximum absolute atomic E-state index is 12.2. The molecule has 1 N–H and O–H groups in total. The first kappa shape index (κ1) is 14.1. The van der Waals surface area contributed by atoms with Gasteiger partial charge in [-0.25, -0.2) is 0 Å². The van der Waals surface area contributed by atoms with Gasteiger partial charge >= 0.3 is 0 Å². The Morgan fingerprint density at radius 3 is 2.58 bits per heavy atom. The Morgan fingerprint density at radius 1 is 1.26 bits per heavy atom. The quantitative estimate of drug-likeness (QED) is 0.879. The summed E-state index contributed by atoms with van der Waals surface area (Å²) in [6.45, 7) is 2.95. The molecule has 104 valence electrons. The molecule has 1 amide bonds. The average Bonchev–Trinajstić information content (AvgIpc) is 2.46. The van der Waals surface area contributed by atoms with Gasteiger partial charge in [0.15, 0.2) is 0 Å². The molecule has 0 spiro atoms. The van der Waals surface area contributed by atoms with Gasteiger partial charge in [0, 0.05) is 13.1 Å². The highest BCUT2D eigenvalue weighted by molar-refractivity contribution is 5.78. The minimum absolute atomic E-state index is 0.276. The highest BCUT2D eigenvalue weighted by atomic mass is 16.2. The van der Waals surface area contributed by atoms with Crippen LogP contribution in [0.4, 0.5) is 0 Å². The van der Waals surface area contributed by atoms with Gasteiger partial charge in [-0.1, -0.05) is 30.3 Å². The van der Waals surface area contributed by atoms with Crippen LogP contribution in [0.5, 0.6) is 0 Å². The molecule has 1 aliphatic heterocycles. The first-order valence-electron chi connectivity index (χ1n) is 7.26. The van der Waals surface area contributed by atoms with Crippen molar-refractivity contribution < 1.29 is 4.79 Å². The molecule has 2 rings (SSSR count). The number of carbonyl (C=O) groups excluding carboxylic acids is 1. The van der Waals surface area contributed by atoms with Gasteiger partial charge in [0.05, 0.1) is 6.42 Å². The summed E-state index contributed by atoms with van der Waals surface area (Å²) < 4.78 is 0. The lowest BCUT2D eigenvalue weighted by molar-refractivity contribution is -0.131. The van der Waals surface area contributed by atoms with Crippen molar-refractivity contribution in [2.24, 2.45) is 5.92 Å². The zero-order valence-electron chi connectivity index (χ0n) is 11.8. The smallest absolute Gasteiger partial charge is 0.226 e. The zero-order chi connectivity index (χ0) is 13.5. The molecule has 3 nitrogen and oxygen atoms in total. The molecular weight excluding hydrogens is 236 g/mol. The van der Waals surface area contributed by atoms with E-state index in [1.807, 2.05) is 42.3 Å². The lowest BCUT2D eigenvalue weighted by Gasteiger charge is -2.32. The summed E-state index contributed by atoms with van der Waals surface area (Å²) in [5.41, 5.74) is 1.12. The second-order valence-corrected chi connectivity index (χ2v) is 5.38. The van der Waals surface area contributed by atoms with E-state index in [2.05, 4.69) is 5.32 Å².